The molecule has 1 saturated carbocycles. The highest BCUT2D eigenvalue weighted by Crippen LogP contribution is 2.50. The molecule has 0 atom stereocenters. The number of alkyl halides is 1. The summed E-state index contributed by atoms with van der Waals surface area (Å²) in [5.74, 6) is 0.669. The SMILES string of the molecule is COc1cc(CN2CC3(CC(F)C3)C2)cc(OC)c1-c1cccc2c(CCC(=O)O)cccc12. The second-order valence-corrected chi connectivity index (χ2v) is 9.74. The quantitative estimate of drug-likeness (QED) is 0.480. The van der Waals surface area contributed by atoms with E-state index < -0.39 is 12.1 Å². The average Bonchev–Trinajstić information content (AvgIpc) is 2.79. The molecule has 1 N–H and O–H groups in total. The largest absolute Gasteiger partial charge is 0.496 e. The van der Waals surface area contributed by atoms with Crippen molar-refractivity contribution in [1.82, 2.24) is 4.90 Å². The highest BCUT2D eigenvalue weighted by atomic mass is 19.1. The molecule has 34 heavy (non-hydrogen) atoms. The summed E-state index contributed by atoms with van der Waals surface area (Å²) in [5.41, 5.74) is 4.19. The number of methoxy groups -OCH3 is 2. The number of hydrogen-bond acceptors (Lipinski definition) is 4. The van der Waals surface area contributed by atoms with Gasteiger partial charge in [0.15, 0.2) is 0 Å². The number of ether oxygens (including phenoxy) is 2. The van der Waals surface area contributed by atoms with Gasteiger partial charge >= 0.3 is 5.97 Å². The number of nitrogens with zero attached hydrogens (tertiary/aromatic N) is 1. The molecule has 0 radical (unpaired) electrons. The van der Waals surface area contributed by atoms with Gasteiger partial charge < -0.3 is 14.6 Å². The van der Waals surface area contributed by atoms with Crippen molar-refractivity contribution in [2.24, 2.45) is 5.41 Å². The molecule has 1 aliphatic heterocycles. The number of carbonyl (C=O) groups is 1. The van der Waals surface area contributed by atoms with Crippen molar-refractivity contribution in [1.29, 1.82) is 0 Å². The molecule has 1 saturated heterocycles. The van der Waals surface area contributed by atoms with E-state index in [1.165, 1.54) is 0 Å². The lowest BCUT2D eigenvalue weighted by atomic mass is 9.62. The fourth-order valence-corrected chi connectivity index (χ4v) is 5.79. The summed E-state index contributed by atoms with van der Waals surface area (Å²) in [4.78, 5) is 13.5. The summed E-state index contributed by atoms with van der Waals surface area (Å²) in [6.45, 7) is 2.67. The molecular formula is C28H30FNO4. The summed E-state index contributed by atoms with van der Waals surface area (Å²) in [7, 11) is 3.33. The Labute approximate surface area is 199 Å². The predicted octanol–water partition coefficient (Wildman–Crippen LogP) is 5.48. The second kappa shape index (κ2) is 8.91. The van der Waals surface area contributed by atoms with E-state index in [4.69, 9.17) is 14.6 Å². The first-order chi connectivity index (χ1) is 16.4. The number of likely N-dealkylation sites (tertiary alicyclic amines) is 1. The zero-order valence-electron chi connectivity index (χ0n) is 19.6. The van der Waals surface area contributed by atoms with Crippen LogP contribution in [-0.2, 0) is 17.8 Å². The Balaban J connectivity index is 1.48. The summed E-state index contributed by atoms with van der Waals surface area (Å²) in [5, 5.41) is 11.2. The molecular weight excluding hydrogens is 433 g/mol. The number of rotatable bonds is 8. The number of carboxylic acids is 1. The summed E-state index contributed by atoms with van der Waals surface area (Å²) < 4.78 is 25.0. The number of benzene rings is 3. The number of aliphatic carboxylic acids is 1. The highest BCUT2D eigenvalue weighted by molar-refractivity contribution is 6.01. The Morgan fingerprint density at radius 2 is 1.71 bits per heavy atom. The van der Waals surface area contributed by atoms with Gasteiger partial charge in [-0.2, -0.15) is 0 Å². The maximum Gasteiger partial charge on any atom is 0.303 e. The Morgan fingerprint density at radius 3 is 2.32 bits per heavy atom. The molecule has 0 amide bonds. The van der Waals surface area contributed by atoms with E-state index in [1.807, 2.05) is 30.3 Å². The standard InChI is InChI=1S/C28H30FNO4/c1-33-24-11-18(15-30-16-28(17-30)13-20(29)14-28)12-25(34-2)27(24)23-8-4-6-21-19(9-10-26(31)32)5-3-7-22(21)23/h3-8,11-12,20H,9-10,13-17H2,1-2H3,(H,31,32). The van der Waals surface area contributed by atoms with Crippen LogP contribution < -0.4 is 9.47 Å². The van der Waals surface area contributed by atoms with Crippen molar-refractivity contribution < 1.29 is 23.8 Å². The lowest BCUT2D eigenvalue weighted by Gasteiger charge is -2.57. The molecule has 0 aromatic heterocycles. The van der Waals surface area contributed by atoms with Gasteiger partial charge in [-0.25, -0.2) is 4.39 Å². The molecule has 178 valence electrons. The molecule has 1 heterocycles. The van der Waals surface area contributed by atoms with Crippen molar-refractivity contribution in [2.45, 2.75) is 38.4 Å². The van der Waals surface area contributed by atoms with Gasteiger partial charge in [-0.05, 0) is 58.9 Å². The minimum Gasteiger partial charge on any atom is -0.496 e. The summed E-state index contributed by atoms with van der Waals surface area (Å²) >= 11 is 0. The number of aryl methyl sites for hydroxylation is 1. The van der Waals surface area contributed by atoms with Crippen LogP contribution in [0.25, 0.3) is 21.9 Å². The van der Waals surface area contributed by atoms with E-state index in [-0.39, 0.29) is 11.8 Å². The normalized spacial score (nSPS) is 17.4. The van der Waals surface area contributed by atoms with Gasteiger partial charge in [0.2, 0.25) is 0 Å². The first-order valence-corrected chi connectivity index (χ1v) is 11.8. The number of fused-ring (bicyclic) bond motifs is 1. The van der Waals surface area contributed by atoms with E-state index in [1.54, 1.807) is 14.2 Å². The molecule has 3 aromatic carbocycles. The first-order valence-electron chi connectivity index (χ1n) is 11.8. The van der Waals surface area contributed by atoms with Gasteiger partial charge in [-0.3, -0.25) is 9.69 Å². The number of hydrogen-bond donors (Lipinski definition) is 1. The fraction of sp³-hybridized carbons (Fsp3) is 0.393. The molecule has 2 fully saturated rings. The third kappa shape index (κ3) is 4.11. The summed E-state index contributed by atoms with van der Waals surface area (Å²) in [6.07, 6.45) is 1.35. The number of carboxylic acid groups (broad SMARTS) is 1. The van der Waals surface area contributed by atoms with Crippen molar-refractivity contribution in [3.05, 3.63) is 59.7 Å². The third-order valence-electron chi connectivity index (χ3n) is 7.29. The Kier molecular flexibility index (Phi) is 5.94. The molecule has 5 nitrogen and oxygen atoms in total. The van der Waals surface area contributed by atoms with Crippen LogP contribution in [0.3, 0.4) is 0 Å². The maximum absolute atomic E-state index is 13.3. The van der Waals surface area contributed by atoms with E-state index in [9.17, 15) is 9.18 Å². The van der Waals surface area contributed by atoms with E-state index in [0.717, 1.165) is 64.2 Å². The lowest BCUT2D eigenvalue weighted by Crippen LogP contribution is -2.62. The predicted molar refractivity (Wildman–Crippen MR) is 130 cm³/mol. The Morgan fingerprint density at radius 1 is 1.06 bits per heavy atom. The van der Waals surface area contributed by atoms with Gasteiger partial charge in [0, 0.05) is 31.5 Å². The van der Waals surface area contributed by atoms with Crippen molar-refractivity contribution in [3.63, 3.8) is 0 Å². The first kappa shape index (κ1) is 22.7. The van der Waals surface area contributed by atoms with Crippen LogP contribution in [0.4, 0.5) is 4.39 Å². The zero-order valence-corrected chi connectivity index (χ0v) is 19.6. The van der Waals surface area contributed by atoms with Crippen LogP contribution in [0.5, 0.6) is 11.5 Å². The van der Waals surface area contributed by atoms with Gasteiger partial charge in [-0.15, -0.1) is 0 Å². The van der Waals surface area contributed by atoms with Crippen LogP contribution in [0, 0.1) is 5.41 Å². The van der Waals surface area contributed by atoms with Crippen molar-refractivity contribution >= 4 is 16.7 Å². The van der Waals surface area contributed by atoms with Crippen LogP contribution in [0.2, 0.25) is 0 Å². The molecule has 2 aliphatic rings. The topological polar surface area (TPSA) is 59.0 Å². The van der Waals surface area contributed by atoms with Crippen LogP contribution in [0.1, 0.15) is 30.4 Å². The Bertz CT molecular complexity index is 1200. The maximum atomic E-state index is 13.3. The van der Waals surface area contributed by atoms with Crippen LogP contribution in [-0.4, -0.2) is 49.5 Å². The smallest absolute Gasteiger partial charge is 0.303 e. The monoisotopic (exact) mass is 463 g/mol. The molecule has 3 aromatic rings. The Hall–Kier alpha value is -3.12. The molecule has 1 spiro atoms. The zero-order chi connectivity index (χ0) is 23.9. The van der Waals surface area contributed by atoms with Gasteiger partial charge in [0.25, 0.3) is 0 Å². The van der Waals surface area contributed by atoms with Crippen molar-refractivity contribution in [3.8, 4) is 22.6 Å². The van der Waals surface area contributed by atoms with E-state index in [2.05, 4.69) is 23.1 Å². The minimum absolute atomic E-state index is 0.0917. The fourth-order valence-electron chi connectivity index (χ4n) is 5.79. The molecule has 1 aliphatic carbocycles. The molecule has 5 rings (SSSR count). The van der Waals surface area contributed by atoms with Crippen LogP contribution >= 0.6 is 0 Å². The minimum atomic E-state index is -0.804. The lowest BCUT2D eigenvalue weighted by molar-refractivity contribution is -0.136. The van der Waals surface area contributed by atoms with Gasteiger partial charge in [-0.1, -0.05) is 36.4 Å². The van der Waals surface area contributed by atoms with Crippen molar-refractivity contribution in [2.75, 3.05) is 27.3 Å². The molecule has 6 heteroatoms. The number of halogens is 1. The van der Waals surface area contributed by atoms with Gasteiger partial charge in [0.05, 0.1) is 19.8 Å². The summed E-state index contributed by atoms with van der Waals surface area (Å²) in [6, 6.07) is 16.2. The van der Waals surface area contributed by atoms with E-state index in [0.29, 0.717) is 19.3 Å². The van der Waals surface area contributed by atoms with Gasteiger partial charge in [0.1, 0.15) is 17.7 Å². The van der Waals surface area contributed by atoms with Crippen LogP contribution in [0.15, 0.2) is 48.5 Å². The molecule has 0 bridgehead atoms. The van der Waals surface area contributed by atoms with E-state index >= 15 is 0 Å². The molecule has 0 unspecified atom stereocenters. The second-order valence-electron chi connectivity index (χ2n) is 9.74. The highest BCUT2D eigenvalue weighted by Gasteiger charge is 2.52. The third-order valence-corrected chi connectivity index (χ3v) is 7.29. The average molecular weight is 464 g/mol.